The maximum absolute atomic E-state index is 6.20. The van der Waals surface area contributed by atoms with Gasteiger partial charge in [-0.25, -0.2) is 0 Å². The predicted molar refractivity (Wildman–Crippen MR) is 85.2 cm³/mol. The van der Waals surface area contributed by atoms with Crippen LogP contribution in [0.1, 0.15) is 59.8 Å². The van der Waals surface area contributed by atoms with Gasteiger partial charge in [0.2, 0.25) is 0 Å². The van der Waals surface area contributed by atoms with Crippen molar-refractivity contribution in [2.75, 3.05) is 0 Å². The summed E-state index contributed by atoms with van der Waals surface area (Å²) < 4.78 is 12.4. The Morgan fingerprint density at radius 3 is 1.89 bits per heavy atom. The van der Waals surface area contributed by atoms with Gasteiger partial charge in [0.1, 0.15) is 0 Å². The highest BCUT2D eigenvalue weighted by Gasteiger charge is 2.53. The minimum Gasteiger partial charge on any atom is -0.403 e. The first-order valence-electron chi connectivity index (χ1n) is 8.00. The van der Waals surface area contributed by atoms with Crippen molar-refractivity contribution in [1.29, 1.82) is 0 Å². The van der Waals surface area contributed by atoms with Crippen LogP contribution >= 0.6 is 0 Å². The maximum Gasteiger partial charge on any atom is 0.454 e. The van der Waals surface area contributed by atoms with E-state index in [1.165, 1.54) is 32.1 Å². The van der Waals surface area contributed by atoms with E-state index in [2.05, 4.69) is 40.8 Å². The summed E-state index contributed by atoms with van der Waals surface area (Å²) in [5.41, 5.74) is 0.629. The number of hydrogen-bond donors (Lipinski definition) is 0. The van der Waals surface area contributed by atoms with Gasteiger partial charge in [0.25, 0.3) is 0 Å². The zero-order chi connectivity index (χ0) is 14.3. The molecule has 0 amide bonds. The van der Waals surface area contributed by atoms with E-state index < -0.39 is 8.07 Å². The number of hydrogen-bond acceptors (Lipinski definition) is 2. The van der Waals surface area contributed by atoms with Gasteiger partial charge in [0, 0.05) is 8.07 Å². The van der Waals surface area contributed by atoms with Crippen LogP contribution in [-0.2, 0) is 9.31 Å². The molecule has 1 heterocycles. The van der Waals surface area contributed by atoms with Crippen LogP contribution in [0.4, 0.5) is 0 Å². The molecule has 0 radical (unpaired) electrons. The lowest BCUT2D eigenvalue weighted by Crippen LogP contribution is -2.41. The lowest BCUT2D eigenvalue weighted by atomic mass is 9.90. The average Bonchev–Trinajstić information content (AvgIpc) is 2.47. The van der Waals surface area contributed by atoms with Gasteiger partial charge in [0.05, 0.1) is 11.2 Å². The molecule has 2 nitrogen and oxygen atoms in total. The Bertz CT molecular complexity index is 306. The van der Waals surface area contributed by atoms with Crippen LogP contribution in [0.2, 0.25) is 24.6 Å². The van der Waals surface area contributed by atoms with E-state index in [9.17, 15) is 0 Å². The largest absolute Gasteiger partial charge is 0.454 e. The van der Waals surface area contributed by atoms with Gasteiger partial charge >= 0.3 is 7.12 Å². The topological polar surface area (TPSA) is 18.5 Å². The van der Waals surface area contributed by atoms with Gasteiger partial charge in [-0.3, -0.25) is 0 Å². The van der Waals surface area contributed by atoms with E-state index in [0.29, 0.717) is 0 Å². The second-order valence-electron chi connectivity index (χ2n) is 8.21. The van der Waals surface area contributed by atoms with Crippen LogP contribution in [0, 0.1) is 0 Å². The summed E-state index contributed by atoms with van der Waals surface area (Å²) >= 11 is 0. The van der Waals surface area contributed by atoms with Crippen molar-refractivity contribution in [3.8, 4) is 0 Å². The second kappa shape index (κ2) is 5.19. The average molecular weight is 282 g/mol. The summed E-state index contributed by atoms with van der Waals surface area (Å²) in [5, 5.41) is 0. The van der Waals surface area contributed by atoms with Crippen LogP contribution in [0.3, 0.4) is 0 Å². The molecule has 0 atom stereocenters. The summed E-state index contributed by atoms with van der Waals surface area (Å²) in [7, 11) is -1.22. The van der Waals surface area contributed by atoms with Crippen molar-refractivity contribution < 1.29 is 9.31 Å². The second-order valence-corrected chi connectivity index (χ2v) is 13.4. The fourth-order valence-electron chi connectivity index (χ4n) is 3.53. The molecule has 19 heavy (non-hydrogen) atoms. The summed E-state index contributed by atoms with van der Waals surface area (Å²) in [6.45, 7) is 13.7. The Morgan fingerprint density at radius 1 is 0.947 bits per heavy atom. The Balaban J connectivity index is 1.97. The first-order chi connectivity index (χ1) is 8.64. The van der Waals surface area contributed by atoms with Crippen LogP contribution < -0.4 is 0 Å². The van der Waals surface area contributed by atoms with E-state index in [-0.39, 0.29) is 18.3 Å². The van der Waals surface area contributed by atoms with Crippen LogP contribution in [-0.4, -0.2) is 26.4 Å². The molecule has 2 rings (SSSR count). The third kappa shape index (κ3) is 3.27. The van der Waals surface area contributed by atoms with Gasteiger partial charge in [0.15, 0.2) is 0 Å². The number of rotatable bonds is 3. The van der Waals surface area contributed by atoms with E-state index >= 15 is 0 Å². The minimum absolute atomic E-state index is 0.0218. The standard InChI is InChI=1S/C15H31BO2Si/c1-14(2)15(3,4)18-16(17-14)12-19(5,6)13-10-8-7-9-11-13/h13H,7-12H2,1-6H3. The van der Waals surface area contributed by atoms with Gasteiger partial charge < -0.3 is 9.31 Å². The Kier molecular flexibility index (Phi) is 4.26. The highest BCUT2D eigenvalue weighted by atomic mass is 28.3. The minimum atomic E-state index is -1.24. The van der Waals surface area contributed by atoms with Gasteiger partial charge in [-0.2, -0.15) is 0 Å². The lowest BCUT2D eigenvalue weighted by molar-refractivity contribution is 0.00578. The summed E-state index contributed by atoms with van der Waals surface area (Å²) in [6.07, 6.45) is 7.20. The highest BCUT2D eigenvalue weighted by Crippen LogP contribution is 2.43. The van der Waals surface area contributed by atoms with E-state index in [4.69, 9.17) is 9.31 Å². The van der Waals surface area contributed by atoms with Crippen LogP contribution in [0.25, 0.3) is 0 Å². The van der Waals surface area contributed by atoms with E-state index in [0.717, 1.165) is 11.5 Å². The molecule has 0 aromatic rings. The van der Waals surface area contributed by atoms with Crippen molar-refractivity contribution >= 4 is 15.2 Å². The summed E-state index contributed by atoms with van der Waals surface area (Å²) in [4.78, 5) is 0. The van der Waals surface area contributed by atoms with Crippen molar-refractivity contribution in [2.45, 2.75) is 95.6 Å². The molecule has 1 aliphatic carbocycles. The van der Waals surface area contributed by atoms with Gasteiger partial charge in [-0.1, -0.05) is 45.2 Å². The van der Waals surface area contributed by atoms with Crippen molar-refractivity contribution in [3.05, 3.63) is 0 Å². The Labute approximate surface area is 120 Å². The van der Waals surface area contributed by atoms with Crippen molar-refractivity contribution in [2.24, 2.45) is 0 Å². The molecule has 0 unspecified atom stereocenters. The molecule has 2 fully saturated rings. The molecule has 1 saturated carbocycles. The summed E-state index contributed by atoms with van der Waals surface area (Å²) in [5.74, 6) is 1.16. The van der Waals surface area contributed by atoms with E-state index in [1.807, 2.05) is 0 Å². The molecular formula is C15H31BO2Si. The van der Waals surface area contributed by atoms with Crippen molar-refractivity contribution in [1.82, 2.24) is 0 Å². The molecule has 0 bridgehead atoms. The molecule has 0 spiro atoms. The molecular weight excluding hydrogens is 251 g/mol. The maximum atomic E-state index is 6.20. The molecule has 1 saturated heterocycles. The summed E-state index contributed by atoms with van der Waals surface area (Å²) in [6, 6.07) is 0. The van der Waals surface area contributed by atoms with Gasteiger partial charge in [-0.05, 0) is 39.2 Å². The Hall–Kier alpha value is 0.202. The van der Waals surface area contributed by atoms with Crippen LogP contribution in [0.15, 0.2) is 0 Å². The first kappa shape index (κ1) is 15.6. The quantitative estimate of drug-likeness (QED) is 0.701. The molecule has 0 aromatic heterocycles. The lowest BCUT2D eigenvalue weighted by Gasteiger charge is -2.36. The fraction of sp³-hybridized carbons (Fsp3) is 1.00. The normalized spacial score (nSPS) is 27.8. The fourth-order valence-corrected chi connectivity index (χ4v) is 6.86. The SMILES string of the molecule is CC1(C)OB(C[Si](C)(C)C2CCCCC2)OC1(C)C. The zero-order valence-corrected chi connectivity index (χ0v) is 14.7. The molecule has 110 valence electrons. The molecule has 0 aromatic carbocycles. The van der Waals surface area contributed by atoms with Crippen molar-refractivity contribution in [3.63, 3.8) is 0 Å². The molecule has 2 aliphatic rings. The van der Waals surface area contributed by atoms with Crippen LogP contribution in [0.5, 0.6) is 0 Å². The predicted octanol–water partition coefficient (Wildman–Crippen LogP) is 4.66. The highest BCUT2D eigenvalue weighted by molar-refractivity contribution is 6.86. The molecule has 0 N–H and O–H groups in total. The molecule has 1 aliphatic heterocycles. The van der Waals surface area contributed by atoms with Gasteiger partial charge in [-0.15, -0.1) is 0 Å². The Morgan fingerprint density at radius 2 is 1.42 bits per heavy atom. The first-order valence-corrected chi connectivity index (χ1v) is 11.3. The monoisotopic (exact) mass is 282 g/mol. The molecule has 4 heteroatoms. The third-order valence-electron chi connectivity index (χ3n) is 5.71. The third-order valence-corrected chi connectivity index (χ3v) is 9.88. The van der Waals surface area contributed by atoms with E-state index in [1.54, 1.807) is 0 Å². The zero-order valence-electron chi connectivity index (χ0n) is 13.7. The smallest absolute Gasteiger partial charge is 0.403 e.